The molecule has 1 atom stereocenters. The predicted molar refractivity (Wildman–Crippen MR) is 60.3 cm³/mol. The van der Waals surface area contributed by atoms with Gasteiger partial charge in [0.15, 0.2) is 0 Å². The van der Waals surface area contributed by atoms with Crippen LogP contribution >= 0.6 is 11.8 Å². The van der Waals surface area contributed by atoms with Crippen LogP contribution in [0, 0.1) is 5.41 Å². The van der Waals surface area contributed by atoms with Crippen molar-refractivity contribution in [2.45, 2.75) is 19.5 Å². The van der Waals surface area contributed by atoms with E-state index in [4.69, 9.17) is 5.11 Å². The minimum absolute atomic E-state index is 0.0632. The van der Waals surface area contributed by atoms with Crippen LogP contribution in [0.3, 0.4) is 0 Å². The lowest BCUT2D eigenvalue weighted by molar-refractivity contribution is -0.147. The van der Waals surface area contributed by atoms with Crippen molar-refractivity contribution in [1.29, 1.82) is 0 Å². The van der Waals surface area contributed by atoms with E-state index in [1.165, 1.54) is 11.8 Å². The Hall–Kier alpha value is -0.920. The Kier molecular flexibility index (Phi) is 4.52. The highest BCUT2D eigenvalue weighted by atomic mass is 32.2. The van der Waals surface area contributed by atoms with Crippen LogP contribution in [-0.4, -0.2) is 52.7 Å². The molecule has 1 fully saturated rings. The molecule has 0 bridgehead atoms. The molecule has 0 aromatic carbocycles. The summed E-state index contributed by atoms with van der Waals surface area (Å²) in [4.78, 5) is 23.8. The average molecular weight is 285 g/mol. The van der Waals surface area contributed by atoms with Gasteiger partial charge in [-0.2, -0.15) is 13.2 Å². The van der Waals surface area contributed by atoms with Crippen molar-refractivity contribution < 1.29 is 27.9 Å². The second kappa shape index (κ2) is 5.38. The summed E-state index contributed by atoms with van der Waals surface area (Å²) in [6.45, 7) is 1.88. The van der Waals surface area contributed by atoms with Crippen molar-refractivity contribution in [2.75, 3.05) is 24.6 Å². The number of nitrogens with zero attached hydrogens (tertiary/aromatic N) is 1. The van der Waals surface area contributed by atoms with E-state index >= 15 is 0 Å². The van der Waals surface area contributed by atoms with E-state index in [1.54, 1.807) is 0 Å². The van der Waals surface area contributed by atoms with E-state index in [2.05, 4.69) is 0 Å². The topological polar surface area (TPSA) is 57.6 Å². The van der Waals surface area contributed by atoms with Gasteiger partial charge >= 0.3 is 12.1 Å². The molecule has 8 heteroatoms. The van der Waals surface area contributed by atoms with Crippen LogP contribution in [0.2, 0.25) is 0 Å². The summed E-state index contributed by atoms with van der Waals surface area (Å²) in [7, 11) is 0. The Morgan fingerprint density at radius 3 is 2.50 bits per heavy atom. The molecule has 4 nitrogen and oxygen atoms in total. The minimum Gasteiger partial charge on any atom is -0.481 e. The van der Waals surface area contributed by atoms with Gasteiger partial charge in [0.25, 0.3) is 0 Å². The lowest BCUT2D eigenvalue weighted by atomic mass is 9.90. The van der Waals surface area contributed by atoms with E-state index < -0.39 is 29.2 Å². The summed E-state index contributed by atoms with van der Waals surface area (Å²) in [5.74, 6) is -2.76. The smallest absolute Gasteiger partial charge is 0.397 e. The van der Waals surface area contributed by atoms with Crippen LogP contribution in [0.15, 0.2) is 0 Å². The molecule has 104 valence electrons. The third-order valence-corrected chi connectivity index (χ3v) is 3.82. The molecule has 0 spiro atoms. The first-order valence-electron chi connectivity index (χ1n) is 5.30. The maximum absolute atomic E-state index is 11.9. The summed E-state index contributed by atoms with van der Waals surface area (Å²) >= 11 is 0.500. The summed E-state index contributed by atoms with van der Waals surface area (Å²) in [6, 6.07) is 0. The molecule has 1 amide bonds. The first kappa shape index (κ1) is 15.1. The van der Waals surface area contributed by atoms with Crippen LogP contribution < -0.4 is 0 Å². The fraction of sp³-hybridized carbons (Fsp3) is 0.800. The molecule has 1 heterocycles. The van der Waals surface area contributed by atoms with Gasteiger partial charge in [0.05, 0.1) is 16.9 Å². The number of rotatable bonds is 4. The third kappa shape index (κ3) is 4.08. The van der Waals surface area contributed by atoms with Gasteiger partial charge in [-0.3, -0.25) is 9.59 Å². The van der Waals surface area contributed by atoms with Crippen LogP contribution in [-0.2, 0) is 9.59 Å². The van der Waals surface area contributed by atoms with Crippen molar-refractivity contribution in [3.63, 3.8) is 0 Å². The largest absolute Gasteiger partial charge is 0.481 e. The van der Waals surface area contributed by atoms with Crippen molar-refractivity contribution in [2.24, 2.45) is 5.41 Å². The molecule has 1 aliphatic heterocycles. The first-order valence-corrected chi connectivity index (χ1v) is 6.45. The van der Waals surface area contributed by atoms with E-state index in [-0.39, 0.29) is 18.8 Å². The number of carbonyl (C=O) groups is 2. The van der Waals surface area contributed by atoms with Gasteiger partial charge in [-0.25, -0.2) is 0 Å². The number of carboxylic acids is 1. The Bertz CT molecular complexity index is 348. The number of likely N-dealkylation sites (tertiary alicyclic amines) is 1. The first-order chi connectivity index (χ1) is 8.14. The molecule has 1 aliphatic rings. The maximum Gasteiger partial charge on any atom is 0.397 e. The average Bonchev–Trinajstić information content (AvgIpc) is 2.60. The molecule has 1 rings (SSSR count). The molecule has 0 aromatic rings. The zero-order valence-electron chi connectivity index (χ0n) is 9.79. The fourth-order valence-corrected chi connectivity index (χ4v) is 2.38. The zero-order chi connectivity index (χ0) is 14.0. The van der Waals surface area contributed by atoms with E-state index in [9.17, 15) is 22.8 Å². The Balaban J connectivity index is 2.39. The van der Waals surface area contributed by atoms with Crippen molar-refractivity contribution in [1.82, 2.24) is 4.90 Å². The highest BCUT2D eigenvalue weighted by molar-refractivity contribution is 8.00. The fourth-order valence-electron chi connectivity index (χ4n) is 1.69. The quantitative estimate of drug-likeness (QED) is 0.852. The van der Waals surface area contributed by atoms with Gasteiger partial charge in [-0.1, -0.05) is 0 Å². The number of carbonyl (C=O) groups excluding carboxylic acids is 1. The predicted octanol–water partition coefficient (Wildman–Crippen LogP) is 1.61. The van der Waals surface area contributed by atoms with E-state index in [0.29, 0.717) is 18.2 Å². The number of alkyl halides is 3. The molecule has 0 radical (unpaired) electrons. The molecular weight excluding hydrogens is 271 g/mol. The second-order valence-corrected chi connectivity index (χ2v) is 5.52. The maximum atomic E-state index is 11.9. The molecule has 1 unspecified atom stereocenters. The molecular formula is C10H14F3NO3S. The molecule has 1 saturated heterocycles. The Labute approximate surface area is 107 Å². The van der Waals surface area contributed by atoms with Crippen LogP contribution in [0.5, 0.6) is 0 Å². The van der Waals surface area contributed by atoms with E-state index in [1.807, 2.05) is 0 Å². The van der Waals surface area contributed by atoms with Crippen LogP contribution in [0.4, 0.5) is 13.2 Å². The van der Waals surface area contributed by atoms with E-state index in [0.717, 1.165) is 0 Å². The summed E-state index contributed by atoms with van der Waals surface area (Å²) in [5.41, 5.74) is -0.982. The number of thioether (sulfide) groups is 1. The van der Waals surface area contributed by atoms with Crippen LogP contribution in [0.1, 0.15) is 13.3 Å². The normalized spacial score (nSPS) is 24.3. The number of halogens is 3. The lowest BCUT2D eigenvalue weighted by Gasteiger charge is -2.20. The Morgan fingerprint density at radius 1 is 1.44 bits per heavy atom. The second-order valence-electron chi connectivity index (χ2n) is 4.54. The molecule has 0 aliphatic carbocycles. The SMILES string of the molecule is CC1(C(=O)O)CCN(C(=O)CSCC(F)(F)F)C1. The van der Waals surface area contributed by atoms with Gasteiger partial charge in [0.2, 0.25) is 5.91 Å². The molecule has 1 N–H and O–H groups in total. The number of carboxylic acid groups (broad SMARTS) is 1. The van der Waals surface area contributed by atoms with Crippen LogP contribution in [0.25, 0.3) is 0 Å². The summed E-state index contributed by atoms with van der Waals surface area (Å²) in [5, 5.41) is 8.96. The van der Waals surface area contributed by atoms with Gasteiger partial charge in [-0.15, -0.1) is 11.8 Å². The number of hydrogen-bond acceptors (Lipinski definition) is 3. The molecule has 18 heavy (non-hydrogen) atoms. The van der Waals surface area contributed by atoms with Gasteiger partial charge in [0, 0.05) is 13.1 Å². The Morgan fingerprint density at radius 2 is 2.06 bits per heavy atom. The third-order valence-electron chi connectivity index (χ3n) is 2.83. The van der Waals surface area contributed by atoms with Gasteiger partial charge in [0.1, 0.15) is 0 Å². The monoisotopic (exact) mass is 285 g/mol. The number of aliphatic carboxylic acids is 1. The van der Waals surface area contributed by atoms with Gasteiger partial charge < -0.3 is 10.0 Å². The minimum atomic E-state index is -4.29. The van der Waals surface area contributed by atoms with Crippen molar-refractivity contribution in [3.8, 4) is 0 Å². The highest BCUT2D eigenvalue weighted by Gasteiger charge is 2.42. The standard InChI is InChI=1S/C10H14F3NO3S/c1-9(8(16)17)2-3-14(5-9)7(15)4-18-6-10(11,12)13/h2-6H2,1H3,(H,16,17). The zero-order valence-corrected chi connectivity index (χ0v) is 10.6. The number of amides is 1. The van der Waals surface area contributed by atoms with Gasteiger partial charge in [-0.05, 0) is 13.3 Å². The van der Waals surface area contributed by atoms with Crippen molar-refractivity contribution in [3.05, 3.63) is 0 Å². The molecule has 0 aromatic heterocycles. The summed E-state index contributed by atoms with van der Waals surface area (Å²) in [6.07, 6.45) is -3.95. The number of hydrogen-bond donors (Lipinski definition) is 1. The summed E-state index contributed by atoms with van der Waals surface area (Å²) < 4.78 is 35.7. The highest BCUT2D eigenvalue weighted by Crippen LogP contribution is 2.30. The lowest BCUT2D eigenvalue weighted by Crippen LogP contribution is -2.35. The van der Waals surface area contributed by atoms with Crippen molar-refractivity contribution >= 4 is 23.6 Å². The molecule has 0 saturated carbocycles.